The highest BCUT2D eigenvalue weighted by Gasteiger charge is 2.06. The van der Waals surface area contributed by atoms with E-state index in [1.807, 2.05) is 43.4 Å². The number of rotatable bonds is 4. The predicted octanol–water partition coefficient (Wildman–Crippen LogP) is 2.00. The molecule has 0 aliphatic heterocycles. The van der Waals surface area contributed by atoms with Crippen LogP contribution >= 0.6 is 0 Å². The number of hydrogen-bond donors (Lipinski definition) is 2. The average Bonchev–Trinajstić information content (AvgIpc) is 2.82. The van der Waals surface area contributed by atoms with Crippen molar-refractivity contribution in [3.63, 3.8) is 0 Å². The molecule has 2 aromatic heterocycles. The van der Waals surface area contributed by atoms with Gasteiger partial charge in [-0.15, -0.1) is 0 Å². The molecule has 0 radical (unpaired) electrons. The second-order valence-corrected chi connectivity index (χ2v) is 3.42. The Bertz CT molecular complexity index is 437. The van der Waals surface area contributed by atoms with Gasteiger partial charge in [0.1, 0.15) is 18.0 Å². The molecule has 0 spiro atoms. The number of hydrogen-bond acceptors (Lipinski definition) is 4. The van der Waals surface area contributed by atoms with Crippen LogP contribution < -0.4 is 10.2 Å². The SMILES string of the molecule is CCNc1cc(N(C)c2cc[nH]c2)ncn1. The molecule has 0 amide bonds. The second kappa shape index (κ2) is 4.65. The van der Waals surface area contributed by atoms with Gasteiger partial charge < -0.3 is 15.2 Å². The normalized spacial score (nSPS) is 10.1. The lowest BCUT2D eigenvalue weighted by Crippen LogP contribution is -2.11. The maximum Gasteiger partial charge on any atom is 0.138 e. The Morgan fingerprint density at radius 3 is 3.00 bits per heavy atom. The van der Waals surface area contributed by atoms with Gasteiger partial charge in [-0.05, 0) is 13.0 Å². The highest BCUT2D eigenvalue weighted by Crippen LogP contribution is 2.21. The molecule has 0 unspecified atom stereocenters. The van der Waals surface area contributed by atoms with Crippen molar-refractivity contribution in [3.05, 3.63) is 30.9 Å². The molecule has 2 heterocycles. The molecular formula is C11H15N5. The summed E-state index contributed by atoms with van der Waals surface area (Å²) < 4.78 is 0. The van der Waals surface area contributed by atoms with E-state index in [0.717, 1.165) is 23.9 Å². The smallest absolute Gasteiger partial charge is 0.138 e. The minimum absolute atomic E-state index is 0.842. The number of anilines is 3. The fourth-order valence-corrected chi connectivity index (χ4v) is 1.46. The van der Waals surface area contributed by atoms with Crippen molar-refractivity contribution in [1.82, 2.24) is 15.0 Å². The van der Waals surface area contributed by atoms with Gasteiger partial charge in [0.25, 0.3) is 0 Å². The number of nitrogens with one attached hydrogen (secondary N) is 2. The fourth-order valence-electron chi connectivity index (χ4n) is 1.46. The second-order valence-electron chi connectivity index (χ2n) is 3.42. The Hall–Kier alpha value is -2.04. The molecule has 0 aromatic carbocycles. The van der Waals surface area contributed by atoms with Crippen LogP contribution in [0.15, 0.2) is 30.9 Å². The number of aromatic nitrogens is 3. The van der Waals surface area contributed by atoms with Crippen molar-refractivity contribution in [2.45, 2.75) is 6.92 Å². The summed E-state index contributed by atoms with van der Waals surface area (Å²) in [5.41, 5.74) is 1.07. The van der Waals surface area contributed by atoms with Crippen molar-refractivity contribution in [1.29, 1.82) is 0 Å². The van der Waals surface area contributed by atoms with E-state index in [0.29, 0.717) is 0 Å². The van der Waals surface area contributed by atoms with Gasteiger partial charge in [-0.25, -0.2) is 9.97 Å². The summed E-state index contributed by atoms with van der Waals surface area (Å²) in [7, 11) is 1.97. The Kier molecular flexibility index (Phi) is 3.05. The minimum Gasteiger partial charge on any atom is -0.370 e. The summed E-state index contributed by atoms with van der Waals surface area (Å²) >= 11 is 0. The first-order valence-electron chi connectivity index (χ1n) is 5.23. The lowest BCUT2D eigenvalue weighted by atomic mass is 10.4. The molecule has 2 rings (SSSR count). The molecule has 2 N–H and O–H groups in total. The van der Waals surface area contributed by atoms with E-state index in [4.69, 9.17) is 0 Å². The largest absolute Gasteiger partial charge is 0.370 e. The third-order valence-corrected chi connectivity index (χ3v) is 2.32. The standard InChI is InChI=1S/C11H15N5/c1-3-13-10-6-11(15-8-14-10)16(2)9-4-5-12-7-9/h4-8,12H,3H2,1-2H3,(H,13,14,15). The predicted molar refractivity (Wildman–Crippen MR) is 65.1 cm³/mol. The van der Waals surface area contributed by atoms with Crippen LogP contribution in [-0.4, -0.2) is 28.5 Å². The van der Waals surface area contributed by atoms with Crippen LogP contribution in [0.4, 0.5) is 17.3 Å². The highest BCUT2D eigenvalue weighted by atomic mass is 15.2. The van der Waals surface area contributed by atoms with Gasteiger partial charge in [-0.3, -0.25) is 0 Å². The lowest BCUT2D eigenvalue weighted by Gasteiger charge is -2.16. The third-order valence-electron chi connectivity index (χ3n) is 2.32. The van der Waals surface area contributed by atoms with Gasteiger partial charge in [0.05, 0.1) is 5.69 Å². The van der Waals surface area contributed by atoms with Crippen molar-refractivity contribution >= 4 is 17.3 Å². The first-order valence-corrected chi connectivity index (χ1v) is 5.23. The van der Waals surface area contributed by atoms with Crippen LogP contribution in [0, 0.1) is 0 Å². The Morgan fingerprint density at radius 1 is 1.44 bits per heavy atom. The number of nitrogens with zero attached hydrogens (tertiary/aromatic N) is 3. The van der Waals surface area contributed by atoms with E-state index < -0.39 is 0 Å². The number of aromatic amines is 1. The quantitative estimate of drug-likeness (QED) is 0.822. The van der Waals surface area contributed by atoms with Gasteiger partial charge in [0, 0.05) is 32.1 Å². The molecule has 0 atom stereocenters. The Morgan fingerprint density at radius 2 is 2.31 bits per heavy atom. The van der Waals surface area contributed by atoms with Gasteiger partial charge in [-0.2, -0.15) is 0 Å². The first-order chi connectivity index (χ1) is 7.81. The third kappa shape index (κ3) is 2.13. The van der Waals surface area contributed by atoms with E-state index in [1.165, 1.54) is 0 Å². The zero-order valence-electron chi connectivity index (χ0n) is 9.44. The van der Waals surface area contributed by atoms with Gasteiger partial charge in [0.15, 0.2) is 0 Å². The van der Waals surface area contributed by atoms with Crippen LogP contribution in [0.1, 0.15) is 6.92 Å². The average molecular weight is 217 g/mol. The van der Waals surface area contributed by atoms with Crippen molar-refractivity contribution in [2.24, 2.45) is 0 Å². The molecule has 16 heavy (non-hydrogen) atoms. The molecular weight excluding hydrogens is 202 g/mol. The van der Waals surface area contributed by atoms with Crippen LogP contribution in [0.5, 0.6) is 0 Å². The highest BCUT2D eigenvalue weighted by molar-refractivity contribution is 5.60. The van der Waals surface area contributed by atoms with Gasteiger partial charge >= 0.3 is 0 Å². The summed E-state index contributed by atoms with van der Waals surface area (Å²) in [4.78, 5) is 13.4. The van der Waals surface area contributed by atoms with E-state index in [2.05, 4.69) is 20.3 Å². The molecule has 2 aromatic rings. The zero-order chi connectivity index (χ0) is 11.4. The summed E-state index contributed by atoms with van der Waals surface area (Å²) in [5.74, 6) is 1.71. The first kappa shape index (κ1) is 10.5. The maximum atomic E-state index is 4.24. The van der Waals surface area contributed by atoms with Crippen molar-refractivity contribution < 1.29 is 0 Å². The molecule has 84 valence electrons. The van der Waals surface area contributed by atoms with Crippen LogP contribution in [-0.2, 0) is 0 Å². The molecule has 0 aliphatic carbocycles. The van der Waals surface area contributed by atoms with Gasteiger partial charge in [0.2, 0.25) is 0 Å². The molecule has 0 aliphatic rings. The maximum absolute atomic E-state index is 4.24. The van der Waals surface area contributed by atoms with E-state index >= 15 is 0 Å². The molecule has 5 nitrogen and oxygen atoms in total. The monoisotopic (exact) mass is 217 g/mol. The summed E-state index contributed by atoms with van der Waals surface area (Å²) in [6, 6.07) is 3.92. The molecule has 0 saturated heterocycles. The summed E-state index contributed by atoms with van der Waals surface area (Å²) in [6.07, 6.45) is 5.38. The topological polar surface area (TPSA) is 56.8 Å². The van der Waals surface area contributed by atoms with Crippen molar-refractivity contribution in [3.8, 4) is 0 Å². The molecule has 0 saturated carbocycles. The Balaban J connectivity index is 2.23. The molecule has 0 bridgehead atoms. The lowest BCUT2D eigenvalue weighted by molar-refractivity contribution is 1.06. The zero-order valence-corrected chi connectivity index (χ0v) is 9.44. The summed E-state index contributed by atoms with van der Waals surface area (Å²) in [6.45, 7) is 2.89. The fraction of sp³-hybridized carbons (Fsp3) is 0.273. The van der Waals surface area contributed by atoms with Crippen LogP contribution in [0.2, 0.25) is 0 Å². The van der Waals surface area contributed by atoms with E-state index in [9.17, 15) is 0 Å². The number of H-pyrrole nitrogens is 1. The molecule has 0 fully saturated rings. The molecule has 5 heteroatoms. The van der Waals surface area contributed by atoms with Crippen LogP contribution in [0.3, 0.4) is 0 Å². The van der Waals surface area contributed by atoms with E-state index in [1.54, 1.807) is 6.33 Å². The van der Waals surface area contributed by atoms with Crippen LogP contribution in [0.25, 0.3) is 0 Å². The summed E-state index contributed by atoms with van der Waals surface area (Å²) in [5, 5.41) is 3.16. The van der Waals surface area contributed by atoms with Crippen molar-refractivity contribution in [2.75, 3.05) is 23.8 Å². The Labute approximate surface area is 94.5 Å². The minimum atomic E-state index is 0.842. The van der Waals surface area contributed by atoms with E-state index in [-0.39, 0.29) is 0 Å². The van der Waals surface area contributed by atoms with Gasteiger partial charge in [-0.1, -0.05) is 0 Å².